The second-order valence-electron chi connectivity index (χ2n) is 5.33. The zero-order valence-corrected chi connectivity index (χ0v) is 12.6. The van der Waals surface area contributed by atoms with Crippen molar-refractivity contribution in [3.8, 4) is 0 Å². The molecule has 1 aromatic carbocycles. The maximum Gasteiger partial charge on any atom is 0.324 e. The number of rotatable bonds is 5. The van der Waals surface area contributed by atoms with E-state index in [0.717, 1.165) is 30.8 Å². The first kappa shape index (κ1) is 14.3. The maximum atomic E-state index is 12.3. The summed E-state index contributed by atoms with van der Waals surface area (Å²) in [4.78, 5) is 16.0. The topological polar surface area (TPSA) is 23.6 Å². The number of para-hydroxylation sites is 1. The van der Waals surface area contributed by atoms with Crippen LogP contribution in [-0.4, -0.2) is 30.3 Å². The van der Waals surface area contributed by atoms with Crippen LogP contribution in [0.5, 0.6) is 0 Å². The van der Waals surface area contributed by atoms with Gasteiger partial charge in [-0.15, -0.1) is 0 Å². The lowest BCUT2D eigenvalue weighted by atomic mass is 10.0. The van der Waals surface area contributed by atoms with E-state index in [0.29, 0.717) is 12.5 Å². The van der Waals surface area contributed by atoms with Crippen LogP contribution in [0.15, 0.2) is 24.3 Å². The number of hydrogen-bond acceptors (Lipinski definition) is 2. The molecular formula is C15H22N2OS. The molecule has 2 amide bonds. The predicted molar refractivity (Wildman–Crippen MR) is 82.9 cm³/mol. The van der Waals surface area contributed by atoms with Crippen molar-refractivity contribution in [3.05, 3.63) is 29.8 Å². The van der Waals surface area contributed by atoms with E-state index in [9.17, 15) is 4.79 Å². The van der Waals surface area contributed by atoms with Gasteiger partial charge in [0.15, 0.2) is 0 Å². The monoisotopic (exact) mass is 278 g/mol. The SMILES string of the molecule is CC(CCS)CCN1C(=O)N(C)Cc2ccccc21. The number of urea groups is 1. The van der Waals surface area contributed by atoms with Crippen LogP contribution in [0.1, 0.15) is 25.3 Å². The van der Waals surface area contributed by atoms with Crippen LogP contribution in [0, 0.1) is 5.92 Å². The number of benzene rings is 1. The van der Waals surface area contributed by atoms with Gasteiger partial charge >= 0.3 is 6.03 Å². The third-order valence-electron chi connectivity index (χ3n) is 3.71. The van der Waals surface area contributed by atoms with Crippen molar-refractivity contribution in [1.82, 2.24) is 4.90 Å². The molecule has 1 aliphatic rings. The summed E-state index contributed by atoms with van der Waals surface area (Å²) in [6.07, 6.45) is 2.12. The number of carbonyl (C=O) groups is 1. The minimum Gasteiger partial charge on any atom is -0.323 e. The van der Waals surface area contributed by atoms with Crippen molar-refractivity contribution < 1.29 is 4.79 Å². The molecular weight excluding hydrogens is 256 g/mol. The molecule has 0 saturated carbocycles. The molecule has 1 unspecified atom stereocenters. The van der Waals surface area contributed by atoms with Crippen LogP contribution in [-0.2, 0) is 6.54 Å². The normalized spacial score (nSPS) is 16.5. The highest BCUT2D eigenvalue weighted by Crippen LogP contribution is 2.28. The Hall–Kier alpha value is -1.16. The van der Waals surface area contributed by atoms with Gasteiger partial charge in [0.2, 0.25) is 0 Å². The Bertz CT molecular complexity index is 450. The van der Waals surface area contributed by atoms with Crippen LogP contribution < -0.4 is 4.90 Å². The zero-order chi connectivity index (χ0) is 13.8. The van der Waals surface area contributed by atoms with Crippen LogP contribution in [0.25, 0.3) is 0 Å². The molecule has 0 spiro atoms. The Labute approximate surface area is 121 Å². The van der Waals surface area contributed by atoms with Gasteiger partial charge in [-0.3, -0.25) is 4.90 Å². The number of hydrogen-bond donors (Lipinski definition) is 1. The summed E-state index contributed by atoms with van der Waals surface area (Å²) in [6.45, 7) is 3.72. The second kappa shape index (κ2) is 6.33. The molecule has 0 aliphatic carbocycles. The number of anilines is 1. The average molecular weight is 278 g/mol. The molecule has 3 nitrogen and oxygen atoms in total. The molecule has 2 rings (SSSR count). The van der Waals surface area contributed by atoms with Crippen LogP contribution in [0.4, 0.5) is 10.5 Å². The fraction of sp³-hybridized carbons (Fsp3) is 0.533. The molecule has 0 radical (unpaired) electrons. The Balaban J connectivity index is 2.12. The van der Waals surface area contributed by atoms with Gasteiger partial charge in [0, 0.05) is 20.1 Å². The van der Waals surface area contributed by atoms with Gasteiger partial charge in [0.05, 0.1) is 5.69 Å². The van der Waals surface area contributed by atoms with E-state index in [-0.39, 0.29) is 6.03 Å². The minimum absolute atomic E-state index is 0.108. The Kier molecular flexibility index (Phi) is 4.75. The van der Waals surface area contributed by atoms with Crippen molar-refractivity contribution in [2.75, 3.05) is 24.2 Å². The van der Waals surface area contributed by atoms with E-state index in [1.807, 2.05) is 30.1 Å². The van der Waals surface area contributed by atoms with Crippen molar-refractivity contribution in [2.45, 2.75) is 26.3 Å². The van der Waals surface area contributed by atoms with E-state index in [2.05, 4.69) is 25.6 Å². The summed E-state index contributed by atoms with van der Waals surface area (Å²) in [6, 6.07) is 8.29. The summed E-state index contributed by atoms with van der Waals surface area (Å²) in [5, 5.41) is 0. The van der Waals surface area contributed by atoms with E-state index in [4.69, 9.17) is 0 Å². The van der Waals surface area contributed by atoms with Crippen molar-refractivity contribution in [2.24, 2.45) is 5.92 Å². The summed E-state index contributed by atoms with van der Waals surface area (Å²) in [5.74, 6) is 1.51. The van der Waals surface area contributed by atoms with Gasteiger partial charge in [0.25, 0.3) is 0 Å². The third-order valence-corrected chi connectivity index (χ3v) is 3.97. The Morgan fingerprint density at radius 3 is 2.79 bits per heavy atom. The molecule has 1 heterocycles. The first-order valence-electron chi connectivity index (χ1n) is 6.85. The lowest BCUT2D eigenvalue weighted by molar-refractivity contribution is 0.210. The number of amides is 2. The van der Waals surface area contributed by atoms with Crippen LogP contribution in [0.2, 0.25) is 0 Å². The Morgan fingerprint density at radius 2 is 2.05 bits per heavy atom. The predicted octanol–water partition coefficient (Wildman–Crippen LogP) is 3.40. The van der Waals surface area contributed by atoms with Crippen LogP contribution in [0.3, 0.4) is 0 Å². The number of carbonyl (C=O) groups excluding carboxylic acids is 1. The van der Waals surface area contributed by atoms with E-state index >= 15 is 0 Å². The third kappa shape index (κ3) is 3.24. The number of nitrogens with zero attached hydrogens (tertiary/aromatic N) is 2. The largest absolute Gasteiger partial charge is 0.324 e. The standard InChI is InChI=1S/C15H22N2OS/c1-12(8-10-19)7-9-17-14-6-4-3-5-13(14)11-16(2)15(17)18/h3-6,12,19H,7-11H2,1-2H3. The smallest absolute Gasteiger partial charge is 0.323 e. The molecule has 104 valence electrons. The molecule has 1 aromatic rings. The highest BCUT2D eigenvalue weighted by molar-refractivity contribution is 7.80. The van der Waals surface area contributed by atoms with E-state index in [1.54, 1.807) is 4.90 Å². The van der Waals surface area contributed by atoms with Gasteiger partial charge in [0.1, 0.15) is 0 Å². The quantitative estimate of drug-likeness (QED) is 0.820. The van der Waals surface area contributed by atoms with E-state index in [1.165, 1.54) is 5.56 Å². The molecule has 0 N–H and O–H groups in total. The number of fused-ring (bicyclic) bond motifs is 1. The minimum atomic E-state index is 0.108. The molecule has 4 heteroatoms. The molecule has 0 fully saturated rings. The van der Waals surface area contributed by atoms with Gasteiger partial charge < -0.3 is 4.90 Å². The molecule has 0 bridgehead atoms. The summed E-state index contributed by atoms with van der Waals surface area (Å²) in [7, 11) is 1.86. The second-order valence-corrected chi connectivity index (χ2v) is 5.77. The fourth-order valence-corrected chi connectivity index (χ4v) is 2.91. The van der Waals surface area contributed by atoms with Gasteiger partial charge in [-0.25, -0.2) is 4.79 Å². The van der Waals surface area contributed by atoms with Crippen LogP contribution >= 0.6 is 12.6 Å². The molecule has 0 saturated heterocycles. The highest BCUT2D eigenvalue weighted by Gasteiger charge is 2.27. The van der Waals surface area contributed by atoms with Crippen molar-refractivity contribution in [1.29, 1.82) is 0 Å². The number of thiol groups is 1. The van der Waals surface area contributed by atoms with E-state index < -0.39 is 0 Å². The molecule has 1 atom stereocenters. The van der Waals surface area contributed by atoms with Gasteiger partial charge in [-0.1, -0.05) is 25.1 Å². The lowest BCUT2D eigenvalue weighted by Gasteiger charge is -2.35. The zero-order valence-electron chi connectivity index (χ0n) is 11.7. The fourth-order valence-electron chi connectivity index (χ4n) is 2.47. The van der Waals surface area contributed by atoms with Gasteiger partial charge in [-0.2, -0.15) is 12.6 Å². The molecule has 0 aromatic heterocycles. The van der Waals surface area contributed by atoms with Crippen molar-refractivity contribution >= 4 is 24.3 Å². The first-order valence-corrected chi connectivity index (χ1v) is 7.48. The summed E-state index contributed by atoms with van der Waals surface area (Å²) in [5.41, 5.74) is 2.30. The Morgan fingerprint density at radius 1 is 1.32 bits per heavy atom. The first-order chi connectivity index (χ1) is 9.13. The van der Waals surface area contributed by atoms with Gasteiger partial charge in [-0.05, 0) is 36.1 Å². The molecule has 1 aliphatic heterocycles. The lowest BCUT2D eigenvalue weighted by Crippen LogP contribution is -2.45. The van der Waals surface area contributed by atoms with Crippen molar-refractivity contribution in [3.63, 3.8) is 0 Å². The summed E-state index contributed by atoms with van der Waals surface area (Å²) >= 11 is 4.27. The maximum absolute atomic E-state index is 12.3. The molecule has 19 heavy (non-hydrogen) atoms. The highest BCUT2D eigenvalue weighted by atomic mass is 32.1. The average Bonchev–Trinajstić information content (AvgIpc) is 2.39. The summed E-state index contributed by atoms with van der Waals surface area (Å²) < 4.78 is 0.